The van der Waals surface area contributed by atoms with Crippen LogP contribution in [0.5, 0.6) is 5.75 Å². The molecule has 2 aromatic rings. The highest BCUT2D eigenvalue weighted by Gasteiger charge is 2.18. The highest BCUT2D eigenvalue weighted by molar-refractivity contribution is 5.90. The minimum absolute atomic E-state index is 0.275. The van der Waals surface area contributed by atoms with Gasteiger partial charge >= 0.3 is 5.97 Å². The molecule has 0 fully saturated rings. The van der Waals surface area contributed by atoms with Crippen LogP contribution < -0.4 is 4.74 Å². The van der Waals surface area contributed by atoms with E-state index in [-0.39, 0.29) is 5.56 Å². The molecule has 1 heterocycles. The molecule has 0 saturated heterocycles. The van der Waals surface area contributed by atoms with Crippen LogP contribution in [-0.4, -0.2) is 28.0 Å². The van der Waals surface area contributed by atoms with Crippen LogP contribution in [0.4, 0.5) is 0 Å². The lowest BCUT2D eigenvalue weighted by Crippen LogP contribution is -2.07. The van der Waals surface area contributed by atoms with Gasteiger partial charge in [0, 0.05) is 5.56 Å². The van der Waals surface area contributed by atoms with E-state index < -0.39 is 5.97 Å². The summed E-state index contributed by atoms with van der Waals surface area (Å²) < 4.78 is 7.04. The molecular weight excluding hydrogens is 256 g/mol. The summed E-state index contributed by atoms with van der Waals surface area (Å²) in [5.41, 5.74) is 3.56. The molecule has 0 atom stereocenters. The number of nitrogens with zero attached hydrogens (tertiary/aromatic N) is 2. The number of hydrogen-bond acceptors (Lipinski definition) is 3. The number of ether oxygens (including phenoxy) is 1. The first-order valence-corrected chi connectivity index (χ1v) is 6.35. The van der Waals surface area contributed by atoms with Crippen LogP contribution in [-0.2, 0) is 6.54 Å². The molecule has 0 unspecified atom stereocenters. The lowest BCUT2D eigenvalue weighted by atomic mass is 10.1. The number of benzene rings is 1. The summed E-state index contributed by atoms with van der Waals surface area (Å²) in [7, 11) is 1.62. The highest BCUT2D eigenvalue weighted by Crippen LogP contribution is 2.22. The molecule has 0 saturated carbocycles. The standard InChI is InChI=1S/C15H18N2O3/c1-9-5-6-13(20-4)12(7-9)8-17-11(3)14(15(18)19)10(2)16-17/h5-7H,8H2,1-4H3,(H,18,19). The van der Waals surface area contributed by atoms with E-state index in [0.717, 1.165) is 16.9 Å². The van der Waals surface area contributed by atoms with Crippen LogP contribution in [0.15, 0.2) is 18.2 Å². The largest absolute Gasteiger partial charge is 0.496 e. The van der Waals surface area contributed by atoms with Crippen molar-refractivity contribution >= 4 is 5.97 Å². The number of aromatic nitrogens is 2. The molecule has 0 radical (unpaired) electrons. The third-order valence-corrected chi connectivity index (χ3v) is 3.35. The van der Waals surface area contributed by atoms with Gasteiger partial charge in [-0.25, -0.2) is 4.79 Å². The number of carboxylic acid groups (broad SMARTS) is 1. The van der Waals surface area contributed by atoms with Gasteiger partial charge < -0.3 is 9.84 Å². The second kappa shape index (κ2) is 5.36. The Balaban J connectivity index is 2.43. The molecule has 0 spiro atoms. The van der Waals surface area contributed by atoms with E-state index in [1.165, 1.54) is 0 Å². The van der Waals surface area contributed by atoms with E-state index in [2.05, 4.69) is 5.10 Å². The molecule has 0 aliphatic heterocycles. The average Bonchev–Trinajstić information content (AvgIpc) is 2.64. The van der Waals surface area contributed by atoms with Gasteiger partial charge in [-0.1, -0.05) is 17.7 Å². The van der Waals surface area contributed by atoms with Crippen LogP contribution in [0, 0.1) is 20.8 Å². The minimum atomic E-state index is -0.942. The number of rotatable bonds is 4. The fourth-order valence-corrected chi connectivity index (χ4v) is 2.35. The van der Waals surface area contributed by atoms with Crippen molar-refractivity contribution in [2.45, 2.75) is 27.3 Å². The quantitative estimate of drug-likeness (QED) is 0.930. The summed E-state index contributed by atoms with van der Waals surface area (Å²) in [5, 5.41) is 13.5. The molecular formula is C15H18N2O3. The van der Waals surface area contributed by atoms with Gasteiger partial charge in [-0.05, 0) is 26.8 Å². The first kappa shape index (κ1) is 14.1. The Morgan fingerprint density at radius 1 is 1.35 bits per heavy atom. The Hall–Kier alpha value is -2.30. The number of aromatic carboxylic acids is 1. The van der Waals surface area contributed by atoms with Gasteiger partial charge in [-0.2, -0.15) is 5.10 Å². The number of carboxylic acids is 1. The Labute approximate surface area is 117 Å². The van der Waals surface area contributed by atoms with E-state index >= 15 is 0 Å². The molecule has 1 aromatic carbocycles. The Morgan fingerprint density at radius 2 is 2.05 bits per heavy atom. The molecule has 2 rings (SSSR count). The zero-order valence-electron chi connectivity index (χ0n) is 12.1. The van der Waals surface area contributed by atoms with Crippen molar-refractivity contribution in [3.8, 4) is 5.75 Å². The predicted octanol–water partition coefficient (Wildman–Crippen LogP) is 2.56. The van der Waals surface area contributed by atoms with Crippen molar-refractivity contribution in [3.05, 3.63) is 46.3 Å². The molecule has 1 aromatic heterocycles. The molecule has 1 N–H and O–H groups in total. The van der Waals surface area contributed by atoms with Crippen LogP contribution in [0.25, 0.3) is 0 Å². The normalized spacial score (nSPS) is 10.6. The van der Waals surface area contributed by atoms with E-state index in [0.29, 0.717) is 17.9 Å². The molecule has 0 aliphatic carbocycles. The average molecular weight is 274 g/mol. The number of hydrogen-bond donors (Lipinski definition) is 1. The predicted molar refractivity (Wildman–Crippen MR) is 75.5 cm³/mol. The summed E-state index contributed by atoms with van der Waals surface area (Å²) in [5.74, 6) is -0.164. The molecule has 0 aliphatic rings. The fraction of sp³-hybridized carbons (Fsp3) is 0.333. The second-order valence-corrected chi connectivity index (χ2v) is 4.82. The van der Waals surface area contributed by atoms with Gasteiger partial charge in [0.1, 0.15) is 11.3 Å². The highest BCUT2D eigenvalue weighted by atomic mass is 16.5. The molecule has 0 bridgehead atoms. The lowest BCUT2D eigenvalue weighted by Gasteiger charge is -2.11. The Bertz CT molecular complexity index is 659. The van der Waals surface area contributed by atoms with Crippen molar-refractivity contribution in [1.29, 1.82) is 0 Å². The topological polar surface area (TPSA) is 64.4 Å². The summed E-state index contributed by atoms with van der Waals surface area (Å²) in [6, 6.07) is 5.91. The Morgan fingerprint density at radius 3 is 2.60 bits per heavy atom. The first-order chi connectivity index (χ1) is 9.43. The molecule has 5 heteroatoms. The lowest BCUT2D eigenvalue weighted by molar-refractivity contribution is 0.0695. The zero-order chi connectivity index (χ0) is 14.9. The summed E-state index contributed by atoms with van der Waals surface area (Å²) in [6.45, 7) is 5.98. The van der Waals surface area contributed by atoms with Gasteiger partial charge in [-0.3, -0.25) is 4.68 Å². The second-order valence-electron chi connectivity index (χ2n) is 4.82. The van der Waals surface area contributed by atoms with Crippen molar-refractivity contribution in [3.63, 3.8) is 0 Å². The van der Waals surface area contributed by atoms with Crippen molar-refractivity contribution < 1.29 is 14.6 Å². The van der Waals surface area contributed by atoms with Crippen LogP contribution in [0.1, 0.15) is 32.9 Å². The van der Waals surface area contributed by atoms with E-state index in [1.54, 1.807) is 25.6 Å². The smallest absolute Gasteiger partial charge is 0.339 e. The summed E-state index contributed by atoms with van der Waals surface area (Å²) >= 11 is 0. The van der Waals surface area contributed by atoms with Gasteiger partial charge in [0.2, 0.25) is 0 Å². The van der Waals surface area contributed by atoms with E-state index in [1.807, 2.05) is 25.1 Å². The maximum Gasteiger partial charge on any atom is 0.339 e. The van der Waals surface area contributed by atoms with Crippen LogP contribution in [0.2, 0.25) is 0 Å². The molecule has 5 nitrogen and oxygen atoms in total. The fourth-order valence-electron chi connectivity index (χ4n) is 2.35. The SMILES string of the molecule is COc1ccc(C)cc1Cn1nc(C)c(C(=O)O)c1C. The molecule has 106 valence electrons. The van der Waals surface area contributed by atoms with Gasteiger partial charge in [-0.15, -0.1) is 0 Å². The third-order valence-electron chi connectivity index (χ3n) is 3.35. The molecule has 20 heavy (non-hydrogen) atoms. The number of aryl methyl sites for hydroxylation is 2. The van der Waals surface area contributed by atoms with E-state index in [4.69, 9.17) is 4.74 Å². The van der Waals surface area contributed by atoms with Crippen molar-refractivity contribution in [1.82, 2.24) is 9.78 Å². The number of carbonyl (C=O) groups is 1. The van der Waals surface area contributed by atoms with Crippen molar-refractivity contribution in [2.75, 3.05) is 7.11 Å². The Kier molecular flexibility index (Phi) is 3.79. The minimum Gasteiger partial charge on any atom is -0.496 e. The first-order valence-electron chi connectivity index (χ1n) is 6.35. The summed E-state index contributed by atoms with van der Waals surface area (Å²) in [4.78, 5) is 11.2. The van der Waals surface area contributed by atoms with Crippen LogP contribution >= 0.6 is 0 Å². The monoisotopic (exact) mass is 274 g/mol. The number of methoxy groups -OCH3 is 1. The summed E-state index contributed by atoms with van der Waals surface area (Å²) in [6.07, 6.45) is 0. The molecule has 0 amide bonds. The maximum absolute atomic E-state index is 11.2. The van der Waals surface area contributed by atoms with Gasteiger partial charge in [0.25, 0.3) is 0 Å². The van der Waals surface area contributed by atoms with Gasteiger partial charge in [0.05, 0.1) is 25.0 Å². The maximum atomic E-state index is 11.2. The van der Waals surface area contributed by atoms with Crippen molar-refractivity contribution in [2.24, 2.45) is 0 Å². The van der Waals surface area contributed by atoms with Gasteiger partial charge in [0.15, 0.2) is 0 Å². The third kappa shape index (κ3) is 2.52. The van der Waals surface area contributed by atoms with Crippen LogP contribution in [0.3, 0.4) is 0 Å². The van der Waals surface area contributed by atoms with E-state index in [9.17, 15) is 9.90 Å². The zero-order valence-corrected chi connectivity index (χ0v) is 12.1.